The molecule has 2 aromatic heterocycles. The molecule has 5 rings (SSSR count). The Morgan fingerprint density at radius 3 is 2.57 bits per heavy atom. The van der Waals surface area contributed by atoms with Crippen molar-refractivity contribution in [1.82, 2.24) is 10.3 Å². The molecule has 0 spiro atoms. The number of rotatable bonds is 7. The van der Waals surface area contributed by atoms with E-state index in [0.29, 0.717) is 44.3 Å². The number of aromatic carboxylic acids is 1. The Kier molecular flexibility index (Phi) is 7.94. The van der Waals surface area contributed by atoms with Crippen LogP contribution >= 0.6 is 23.8 Å². The number of thiocarbonyl (C=S) groups is 1. The number of methoxy groups -OCH3 is 1. The monoisotopic (exact) mass is 604 g/mol. The summed E-state index contributed by atoms with van der Waals surface area (Å²) in [5.41, 5.74) is 1.94. The lowest BCUT2D eigenvalue weighted by Crippen LogP contribution is -2.30. The quantitative estimate of drug-likeness (QED) is 0.194. The molecule has 3 heterocycles. The minimum Gasteiger partial charge on any atom is -0.494 e. The van der Waals surface area contributed by atoms with Gasteiger partial charge in [-0.15, -0.1) is 0 Å². The number of furan rings is 1. The third-order valence-corrected chi connectivity index (χ3v) is 7.53. The molecule has 3 N–H and O–H groups in total. The van der Waals surface area contributed by atoms with Crippen LogP contribution in [-0.4, -0.2) is 34.2 Å². The largest absolute Gasteiger partial charge is 0.494 e. The van der Waals surface area contributed by atoms with E-state index in [1.807, 2.05) is 56.0 Å². The van der Waals surface area contributed by atoms with E-state index in [4.69, 9.17) is 33.0 Å². The number of carboxylic acids is 1. The van der Waals surface area contributed by atoms with Gasteiger partial charge in [0.2, 0.25) is 5.91 Å². The van der Waals surface area contributed by atoms with E-state index in [1.165, 1.54) is 25.3 Å². The van der Waals surface area contributed by atoms with Crippen LogP contribution in [0.25, 0.3) is 11.3 Å². The maximum atomic E-state index is 12.7. The zero-order valence-corrected chi connectivity index (χ0v) is 24.9. The molecule has 11 heteroatoms. The summed E-state index contributed by atoms with van der Waals surface area (Å²) in [7, 11) is 1.54. The van der Waals surface area contributed by atoms with Crippen LogP contribution in [0.15, 0.2) is 77.3 Å². The summed E-state index contributed by atoms with van der Waals surface area (Å²) in [4.78, 5) is 30.7. The summed E-state index contributed by atoms with van der Waals surface area (Å²) in [5, 5.41) is 16.6. The van der Waals surface area contributed by atoms with Crippen molar-refractivity contribution in [2.75, 3.05) is 17.3 Å². The van der Waals surface area contributed by atoms with Crippen LogP contribution in [0.2, 0.25) is 5.02 Å². The first-order valence-electron chi connectivity index (χ1n) is 13.1. The molecule has 0 saturated carbocycles. The predicted molar refractivity (Wildman–Crippen MR) is 165 cm³/mol. The van der Waals surface area contributed by atoms with Gasteiger partial charge in [-0.2, -0.15) is 0 Å². The molecule has 1 aliphatic rings. The van der Waals surface area contributed by atoms with Gasteiger partial charge in [-0.1, -0.05) is 38.4 Å². The van der Waals surface area contributed by atoms with Crippen molar-refractivity contribution in [3.05, 3.63) is 95.0 Å². The summed E-state index contributed by atoms with van der Waals surface area (Å²) in [6.07, 6.45) is 1.71. The van der Waals surface area contributed by atoms with E-state index in [0.717, 1.165) is 5.69 Å². The molecule has 1 saturated heterocycles. The number of ether oxygens (including phenoxy) is 1. The lowest BCUT2D eigenvalue weighted by atomic mass is 9.95. The van der Waals surface area contributed by atoms with Crippen molar-refractivity contribution in [2.24, 2.45) is 5.41 Å². The molecule has 0 aliphatic carbocycles. The smallest absolute Gasteiger partial charge is 0.335 e. The first-order valence-corrected chi connectivity index (χ1v) is 13.9. The van der Waals surface area contributed by atoms with E-state index in [2.05, 4.69) is 15.6 Å². The Balaban J connectivity index is 1.58. The van der Waals surface area contributed by atoms with Crippen LogP contribution in [0.3, 0.4) is 0 Å². The number of hydrogen-bond donors (Lipinski definition) is 3. The van der Waals surface area contributed by atoms with Crippen LogP contribution in [0.1, 0.15) is 54.7 Å². The number of carboxylic acid groups (broad SMARTS) is 1. The molecule has 1 aliphatic heterocycles. The van der Waals surface area contributed by atoms with Gasteiger partial charge in [-0.3, -0.25) is 9.78 Å². The molecule has 2 atom stereocenters. The Hall–Kier alpha value is -4.41. The number of benzene rings is 2. The van der Waals surface area contributed by atoms with Gasteiger partial charge < -0.3 is 29.8 Å². The van der Waals surface area contributed by atoms with Gasteiger partial charge in [-0.25, -0.2) is 4.79 Å². The highest BCUT2D eigenvalue weighted by molar-refractivity contribution is 7.80. The minimum atomic E-state index is -1.07. The zero-order valence-electron chi connectivity index (χ0n) is 23.3. The van der Waals surface area contributed by atoms with Gasteiger partial charge in [0, 0.05) is 28.9 Å². The molecule has 42 heavy (non-hydrogen) atoms. The summed E-state index contributed by atoms with van der Waals surface area (Å²) < 4.78 is 12.0. The minimum absolute atomic E-state index is 0.0924. The van der Waals surface area contributed by atoms with Gasteiger partial charge in [0.05, 0.1) is 35.1 Å². The summed E-state index contributed by atoms with van der Waals surface area (Å²) in [6.45, 7) is 5.51. The maximum absolute atomic E-state index is 12.7. The standard InChI is InChI=1S/C31H29ClN4O5S/c1-31(2,3)29(39)34-21-11-9-18(16-25(21)40-4)36-27(26(35-30(36)42)22-7-5-6-14-33-22)24-13-12-23(41-24)19-15-17(28(37)38)8-10-20(19)32/h5-16,26-27H,1-4H3,(H,34,39)(H,35,42)(H,37,38)/t26-,27-/m1/s1. The molecule has 0 bridgehead atoms. The van der Waals surface area contributed by atoms with E-state index in [-0.39, 0.29) is 17.5 Å². The van der Waals surface area contributed by atoms with Crippen molar-refractivity contribution in [3.63, 3.8) is 0 Å². The average molecular weight is 605 g/mol. The van der Waals surface area contributed by atoms with E-state index >= 15 is 0 Å². The third-order valence-electron chi connectivity index (χ3n) is 6.89. The molecule has 0 radical (unpaired) electrons. The van der Waals surface area contributed by atoms with Crippen LogP contribution in [-0.2, 0) is 4.79 Å². The first-order chi connectivity index (χ1) is 20.0. The topological polar surface area (TPSA) is 117 Å². The number of aromatic nitrogens is 1. The predicted octanol–water partition coefficient (Wildman–Crippen LogP) is 6.86. The second kappa shape index (κ2) is 11.5. The van der Waals surface area contributed by atoms with Gasteiger partial charge in [0.15, 0.2) is 5.11 Å². The van der Waals surface area contributed by atoms with Gasteiger partial charge in [0.1, 0.15) is 23.3 Å². The second-order valence-electron chi connectivity index (χ2n) is 10.8. The molecule has 1 fully saturated rings. The van der Waals surface area contributed by atoms with Crippen LogP contribution < -0.4 is 20.3 Å². The average Bonchev–Trinajstić information content (AvgIpc) is 3.58. The number of hydrogen-bond acceptors (Lipinski definition) is 6. The van der Waals surface area contributed by atoms with E-state index in [9.17, 15) is 14.7 Å². The number of amides is 1. The van der Waals surface area contributed by atoms with E-state index in [1.54, 1.807) is 24.4 Å². The summed E-state index contributed by atoms with van der Waals surface area (Å²) in [6, 6.07) is 18.2. The molecule has 2 aromatic carbocycles. The number of nitrogens with zero attached hydrogens (tertiary/aromatic N) is 2. The zero-order chi connectivity index (χ0) is 30.2. The Bertz CT molecular complexity index is 1670. The van der Waals surface area contributed by atoms with Gasteiger partial charge >= 0.3 is 5.97 Å². The van der Waals surface area contributed by atoms with Crippen molar-refractivity contribution in [1.29, 1.82) is 0 Å². The Labute approximate surface area is 253 Å². The normalized spacial score (nSPS) is 16.7. The van der Waals surface area contributed by atoms with Crippen molar-refractivity contribution in [3.8, 4) is 17.1 Å². The number of pyridine rings is 1. The van der Waals surface area contributed by atoms with Crippen molar-refractivity contribution in [2.45, 2.75) is 32.9 Å². The van der Waals surface area contributed by atoms with Crippen molar-refractivity contribution >= 4 is 52.2 Å². The number of carbonyl (C=O) groups excluding carboxylic acids is 1. The van der Waals surface area contributed by atoms with Crippen LogP contribution in [0, 0.1) is 5.41 Å². The molecule has 9 nitrogen and oxygen atoms in total. The molecular weight excluding hydrogens is 576 g/mol. The van der Waals surface area contributed by atoms with Crippen LogP contribution in [0.4, 0.5) is 11.4 Å². The third kappa shape index (κ3) is 5.68. The first kappa shape index (κ1) is 29.1. The van der Waals surface area contributed by atoms with Crippen LogP contribution in [0.5, 0.6) is 5.75 Å². The fraction of sp³-hybridized carbons (Fsp3) is 0.226. The summed E-state index contributed by atoms with van der Waals surface area (Å²) in [5.74, 6) is 0.212. The maximum Gasteiger partial charge on any atom is 0.335 e. The highest BCUT2D eigenvalue weighted by Gasteiger charge is 2.43. The van der Waals surface area contributed by atoms with Gasteiger partial charge in [0.25, 0.3) is 0 Å². The fourth-order valence-corrected chi connectivity index (χ4v) is 5.23. The molecule has 4 aromatic rings. The Morgan fingerprint density at radius 1 is 1.12 bits per heavy atom. The summed E-state index contributed by atoms with van der Waals surface area (Å²) >= 11 is 12.3. The number of nitrogens with one attached hydrogen (secondary N) is 2. The second-order valence-corrected chi connectivity index (χ2v) is 11.6. The molecule has 0 unspecified atom stereocenters. The highest BCUT2D eigenvalue weighted by atomic mass is 35.5. The number of anilines is 2. The van der Waals surface area contributed by atoms with Gasteiger partial charge in [-0.05, 0) is 66.8 Å². The van der Waals surface area contributed by atoms with Crippen molar-refractivity contribution < 1.29 is 23.8 Å². The fourth-order valence-electron chi connectivity index (χ4n) is 4.67. The Morgan fingerprint density at radius 2 is 1.90 bits per heavy atom. The lowest BCUT2D eigenvalue weighted by molar-refractivity contribution is -0.123. The highest BCUT2D eigenvalue weighted by Crippen LogP contribution is 2.45. The van der Waals surface area contributed by atoms with E-state index < -0.39 is 17.4 Å². The number of halogens is 1. The molecule has 1 amide bonds. The molecule has 216 valence electrons. The number of carbonyl (C=O) groups is 2. The lowest BCUT2D eigenvalue weighted by Gasteiger charge is -2.27. The molecular formula is C31H29ClN4O5S. The SMILES string of the molecule is COc1cc(N2C(=S)N[C@H](c3ccccn3)[C@H]2c2ccc(-c3cc(C(=O)O)ccc3Cl)o2)ccc1NC(=O)C(C)(C)C.